The van der Waals surface area contributed by atoms with E-state index in [2.05, 4.69) is 86.8 Å². The maximum Gasteiger partial charge on any atom is 0.306 e. The van der Waals surface area contributed by atoms with Gasteiger partial charge in [0.25, 0.3) is 0 Å². The third-order valence-corrected chi connectivity index (χ3v) is 12.3. The summed E-state index contributed by atoms with van der Waals surface area (Å²) in [6.07, 6.45) is 64.3. The van der Waals surface area contributed by atoms with Gasteiger partial charge in [-0.2, -0.15) is 0 Å². The Bertz CT molecular complexity index is 1140. The van der Waals surface area contributed by atoms with Crippen molar-refractivity contribution >= 4 is 11.9 Å². The molecule has 0 saturated heterocycles. The first kappa shape index (κ1) is 61.6. The Morgan fingerprint density at radius 2 is 0.844 bits per heavy atom. The minimum Gasteiger partial charge on any atom is -0.462 e. The number of nitrogens with one attached hydrogen (secondary N) is 1. The van der Waals surface area contributed by atoms with Crippen molar-refractivity contribution in [1.29, 1.82) is 0 Å². The number of hydrogen-bond acceptors (Lipinski definition) is 5. The van der Waals surface area contributed by atoms with Crippen LogP contribution in [0.25, 0.3) is 0 Å². The molecule has 0 bridgehead atoms. The van der Waals surface area contributed by atoms with E-state index in [4.69, 9.17) is 4.74 Å². The molecule has 3 unspecified atom stereocenters. The van der Waals surface area contributed by atoms with E-state index < -0.39 is 18.2 Å². The molecule has 372 valence electrons. The van der Waals surface area contributed by atoms with Gasteiger partial charge in [0.15, 0.2) is 0 Å². The summed E-state index contributed by atoms with van der Waals surface area (Å²) in [5.74, 6) is -0.512. The predicted molar refractivity (Wildman–Crippen MR) is 278 cm³/mol. The van der Waals surface area contributed by atoms with Crippen molar-refractivity contribution in [1.82, 2.24) is 5.32 Å². The first-order valence-corrected chi connectivity index (χ1v) is 27.5. The Morgan fingerprint density at radius 1 is 0.469 bits per heavy atom. The van der Waals surface area contributed by atoms with Gasteiger partial charge < -0.3 is 20.3 Å². The van der Waals surface area contributed by atoms with Crippen LogP contribution in [0.3, 0.4) is 0 Å². The summed E-state index contributed by atoms with van der Waals surface area (Å²) in [7, 11) is 0. The van der Waals surface area contributed by atoms with Gasteiger partial charge in [-0.15, -0.1) is 0 Å². The fourth-order valence-corrected chi connectivity index (χ4v) is 8.18. The largest absolute Gasteiger partial charge is 0.462 e. The molecule has 0 aromatic carbocycles. The Morgan fingerprint density at radius 3 is 1.33 bits per heavy atom. The summed E-state index contributed by atoms with van der Waals surface area (Å²) >= 11 is 0. The van der Waals surface area contributed by atoms with E-state index in [0.717, 1.165) is 83.5 Å². The number of hydrogen-bond donors (Lipinski definition) is 3. The molecule has 3 N–H and O–H groups in total. The van der Waals surface area contributed by atoms with Gasteiger partial charge in [0.1, 0.15) is 6.10 Å². The summed E-state index contributed by atoms with van der Waals surface area (Å²) in [5.41, 5.74) is 0. The lowest BCUT2D eigenvalue weighted by Gasteiger charge is -2.24. The lowest BCUT2D eigenvalue weighted by atomic mass is 10.0. The molecule has 0 radical (unpaired) electrons. The summed E-state index contributed by atoms with van der Waals surface area (Å²) in [4.78, 5) is 26.2. The topological polar surface area (TPSA) is 95.9 Å². The Kier molecular flexibility index (Phi) is 49.6. The van der Waals surface area contributed by atoms with Crippen molar-refractivity contribution in [2.75, 3.05) is 6.61 Å². The predicted octanol–water partition coefficient (Wildman–Crippen LogP) is 16.8. The maximum atomic E-state index is 13.2. The second-order valence-corrected chi connectivity index (χ2v) is 18.6. The number of carbonyl (C=O) groups excluding carboxylic acids is 2. The average Bonchev–Trinajstić information content (AvgIpc) is 3.29. The second kappa shape index (κ2) is 51.5. The number of ether oxygens (including phenoxy) is 1. The highest BCUT2D eigenvalue weighted by atomic mass is 16.5. The highest BCUT2D eigenvalue weighted by Crippen LogP contribution is 2.18. The van der Waals surface area contributed by atoms with Crippen molar-refractivity contribution in [2.24, 2.45) is 0 Å². The number of aliphatic hydroxyl groups is 2. The highest BCUT2D eigenvalue weighted by Gasteiger charge is 2.24. The zero-order valence-corrected chi connectivity index (χ0v) is 42.4. The van der Waals surface area contributed by atoms with Gasteiger partial charge in [-0.25, -0.2) is 0 Å². The van der Waals surface area contributed by atoms with E-state index in [0.29, 0.717) is 19.3 Å². The van der Waals surface area contributed by atoms with Crippen LogP contribution >= 0.6 is 0 Å². The molecule has 0 rings (SSSR count). The van der Waals surface area contributed by atoms with E-state index in [1.165, 1.54) is 141 Å². The molecule has 0 saturated carbocycles. The first-order chi connectivity index (χ1) is 31.5. The minimum atomic E-state index is -0.799. The normalized spacial score (nSPS) is 13.6. The van der Waals surface area contributed by atoms with Crippen LogP contribution in [0.1, 0.15) is 271 Å². The zero-order valence-electron chi connectivity index (χ0n) is 42.4. The molecule has 0 aromatic heterocycles. The van der Waals surface area contributed by atoms with Crippen LogP contribution < -0.4 is 5.32 Å². The molecular weight excluding hydrogens is 791 g/mol. The van der Waals surface area contributed by atoms with E-state index in [1.54, 1.807) is 0 Å². The minimum absolute atomic E-state index is 0.0494. The molecule has 1 amide bonds. The molecule has 0 heterocycles. The molecule has 0 aromatic rings. The smallest absolute Gasteiger partial charge is 0.306 e. The SMILES string of the molecule is CC/C=C/C/C=C/C/C=C/CCCCC(CC(=O)NC(CO)C(O)CCCCCCCCCCCCCCCC)OC(=O)CCCCCCCCCCC/C=C\C/C=C\CCCCC. The monoisotopic (exact) mass is 896 g/mol. The fourth-order valence-electron chi connectivity index (χ4n) is 8.18. The summed E-state index contributed by atoms with van der Waals surface area (Å²) < 4.78 is 5.93. The third-order valence-electron chi connectivity index (χ3n) is 12.3. The zero-order chi connectivity index (χ0) is 46.7. The van der Waals surface area contributed by atoms with Crippen molar-refractivity contribution in [3.05, 3.63) is 60.8 Å². The number of aliphatic hydroxyl groups excluding tert-OH is 2. The molecule has 0 spiro atoms. The fraction of sp³-hybridized carbons (Fsp3) is 0.793. The van der Waals surface area contributed by atoms with Gasteiger partial charge in [-0.3, -0.25) is 9.59 Å². The van der Waals surface area contributed by atoms with Gasteiger partial charge in [-0.1, -0.05) is 229 Å². The Balaban J connectivity index is 4.53. The van der Waals surface area contributed by atoms with Crippen molar-refractivity contribution in [3.8, 4) is 0 Å². The van der Waals surface area contributed by atoms with Crippen molar-refractivity contribution in [2.45, 2.75) is 289 Å². The summed E-state index contributed by atoms with van der Waals surface area (Å²) in [6.45, 7) is 6.35. The summed E-state index contributed by atoms with van der Waals surface area (Å²) in [6, 6.07) is -0.716. The molecule has 0 aliphatic heterocycles. The number of allylic oxidation sites excluding steroid dienone is 10. The van der Waals surface area contributed by atoms with Crippen molar-refractivity contribution in [3.63, 3.8) is 0 Å². The summed E-state index contributed by atoms with van der Waals surface area (Å²) in [5, 5.41) is 23.8. The van der Waals surface area contributed by atoms with Crippen LogP contribution in [-0.2, 0) is 14.3 Å². The molecule has 0 aliphatic carbocycles. The Labute approximate surface area is 397 Å². The van der Waals surface area contributed by atoms with Gasteiger partial charge in [-0.05, 0) is 89.9 Å². The average molecular weight is 896 g/mol. The highest BCUT2D eigenvalue weighted by molar-refractivity contribution is 5.77. The Hall–Kier alpha value is -2.44. The number of carbonyl (C=O) groups is 2. The lowest BCUT2D eigenvalue weighted by molar-refractivity contribution is -0.151. The number of unbranched alkanes of at least 4 members (excludes halogenated alkanes) is 27. The maximum absolute atomic E-state index is 13.2. The molecule has 6 heteroatoms. The lowest BCUT2D eigenvalue weighted by Crippen LogP contribution is -2.46. The first-order valence-electron chi connectivity index (χ1n) is 27.5. The van der Waals surface area contributed by atoms with Gasteiger partial charge in [0.2, 0.25) is 5.91 Å². The molecule has 0 aliphatic rings. The third kappa shape index (κ3) is 46.1. The molecule has 3 atom stereocenters. The molecular formula is C58H105NO5. The van der Waals surface area contributed by atoms with Crippen LogP contribution in [0.5, 0.6) is 0 Å². The second-order valence-electron chi connectivity index (χ2n) is 18.6. The van der Waals surface area contributed by atoms with Crippen LogP contribution in [0.15, 0.2) is 60.8 Å². The quantitative estimate of drug-likeness (QED) is 0.0321. The van der Waals surface area contributed by atoms with E-state index in [9.17, 15) is 19.8 Å². The molecule has 64 heavy (non-hydrogen) atoms. The van der Waals surface area contributed by atoms with Crippen LogP contribution in [0, 0.1) is 0 Å². The standard InChI is InChI=1S/C58H105NO5/c1-4-7-10-13-16-19-22-25-27-28-29-30-31-33-36-39-42-45-48-51-58(63)64-54(49-46-43-40-37-34-24-21-18-15-12-9-6-3)52-57(62)59-55(53-60)56(61)50-47-44-41-38-35-32-26-23-20-17-14-11-8-5-2/h9,12,16,18-19,21,25,27,34,37,54-56,60-61H,4-8,10-11,13-15,17,20,22-24,26,28-33,35-36,38-53H2,1-3H3,(H,59,62)/b12-9+,19-16-,21-18+,27-25-,37-34+. The van der Waals surface area contributed by atoms with Crippen LogP contribution in [0.2, 0.25) is 0 Å². The van der Waals surface area contributed by atoms with E-state index >= 15 is 0 Å². The van der Waals surface area contributed by atoms with Crippen molar-refractivity contribution < 1.29 is 24.5 Å². The molecule has 6 nitrogen and oxygen atoms in total. The van der Waals surface area contributed by atoms with Gasteiger partial charge in [0, 0.05) is 6.42 Å². The van der Waals surface area contributed by atoms with E-state index in [1.807, 2.05) is 0 Å². The molecule has 0 fully saturated rings. The number of esters is 1. The number of rotatable bonds is 49. The van der Waals surface area contributed by atoms with Gasteiger partial charge >= 0.3 is 5.97 Å². The van der Waals surface area contributed by atoms with Crippen LogP contribution in [0.4, 0.5) is 0 Å². The van der Waals surface area contributed by atoms with Crippen LogP contribution in [-0.4, -0.2) is 46.9 Å². The van der Waals surface area contributed by atoms with Gasteiger partial charge in [0.05, 0.1) is 25.2 Å². The van der Waals surface area contributed by atoms with E-state index in [-0.39, 0.29) is 24.9 Å². The number of amides is 1.